The van der Waals surface area contributed by atoms with Crippen LogP contribution in [0.2, 0.25) is 0 Å². The van der Waals surface area contributed by atoms with Gasteiger partial charge in [0.05, 0.1) is 12.2 Å². The Bertz CT molecular complexity index is 760. The highest BCUT2D eigenvalue weighted by Crippen LogP contribution is 2.37. The van der Waals surface area contributed by atoms with E-state index in [0.29, 0.717) is 13.0 Å². The van der Waals surface area contributed by atoms with Crippen LogP contribution in [0.1, 0.15) is 50.2 Å². The predicted molar refractivity (Wildman–Crippen MR) is 118 cm³/mol. The first-order valence-corrected chi connectivity index (χ1v) is 11.4. The van der Waals surface area contributed by atoms with Crippen LogP contribution in [-0.4, -0.2) is 36.2 Å². The van der Waals surface area contributed by atoms with E-state index in [0.717, 1.165) is 36.1 Å². The Hall–Kier alpha value is -1.84. The summed E-state index contributed by atoms with van der Waals surface area (Å²) in [5.41, 5.74) is 1.30. The summed E-state index contributed by atoms with van der Waals surface area (Å²) in [6.07, 6.45) is 6.98. The summed E-state index contributed by atoms with van der Waals surface area (Å²) in [5.74, 6) is 2.68. The molecule has 2 aliphatic rings. The van der Waals surface area contributed by atoms with E-state index in [-0.39, 0.29) is 0 Å². The molecule has 3 heteroatoms. The first-order chi connectivity index (χ1) is 14.1. The fourth-order valence-electron chi connectivity index (χ4n) is 5.27. The van der Waals surface area contributed by atoms with E-state index in [2.05, 4.69) is 29.2 Å². The maximum absolute atomic E-state index is 11.8. The molecule has 1 aliphatic carbocycles. The van der Waals surface area contributed by atoms with Crippen molar-refractivity contribution in [2.45, 2.75) is 51.0 Å². The Morgan fingerprint density at radius 1 is 1.00 bits per heavy atom. The first-order valence-electron chi connectivity index (χ1n) is 11.4. The second-order valence-corrected chi connectivity index (χ2v) is 9.04. The SMILES string of the molecule is CCOc1ccc([C@](O)(CCN2CC[C@@H]3CC[C@@H](C3)C2)Cc2ccccc2)cc1. The molecule has 2 fully saturated rings. The third-order valence-corrected chi connectivity index (χ3v) is 6.90. The average Bonchev–Trinajstić information content (AvgIpc) is 3.08. The van der Waals surface area contributed by atoms with Crippen LogP contribution in [0.4, 0.5) is 0 Å². The van der Waals surface area contributed by atoms with Crippen LogP contribution in [0.25, 0.3) is 0 Å². The molecular weight excluding hydrogens is 358 g/mol. The molecule has 29 heavy (non-hydrogen) atoms. The van der Waals surface area contributed by atoms with E-state index in [4.69, 9.17) is 4.74 Å². The van der Waals surface area contributed by atoms with Gasteiger partial charge in [-0.3, -0.25) is 0 Å². The zero-order chi connectivity index (χ0) is 20.1. The van der Waals surface area contributed by atoms with Gasteiger partial charge in [-0.1, -0.05) is 48.9 Å². The van der Waals surface area contributed by atoms with Gasteiger partial charge in [0.25, 0.3) is 0 Å². The average molecular weight is 394 g/mol. The van der Waals surface area contributed by atoms with Crippen LogP contribution in [-0.2, 0) is 12.0 Å². The summed E-state index contributed by atoms with van der Waals surface area (Å²) in [6.45, 7) is 6.01. The van der Waals surface area contributed by atoms with Crippen molar-refractivity contribution in [3.63, 3.8) is 0 Å². The van der Waals surface area contributed by atoms with E-state index in [1.54, 1.807) is 0 Å². The van der Waals surface area contributed by atoms with Crippen molar-refractivity contribution in [2.75, 3.05) is 26.2 Å². The van der Waals surface area contributed by atoms with Gasteiger partial charge in [0, 0.05) is 19.5 Å². The molecule has 0 unspecified atom stereocenters. The lowest BCUT2D eigenvalue weighted by atomic mass is 9.84. The number of likely N-dealkylation sites (tertiary alicyclic amines) is 1. The molecule has 1 heterocycles. The van der Waals surface area contributed by atoms with Crippen LogP contribution in [0.15, 0.2) is 54.6 Å². The molecule has 3 nitrogen and oxygen atoms in total. The molecule has 3 atom stereocenters. The second-order valence-electron chi connectivity index (χ2n) is 9.04. The molecule has 1 saturated carbocycles. The minimum absolute atomic E-state index is 0.641. The van der Waals surface area contributed by atoms with E-state index in [1.807, 2.05) is 37.3 Å². The normalized spacial score (nSPS) is 24.1. The van der Waals surface area contributed by atoms with Crippen molar-refractivity contribution < 1.29 is 9.84 Å². The third kappa shape index (κ3) is 5.21. The number of hydrogen-bond donors (Lipinski definition) is 1. The molecule has 0 spiro atoms. The Morgan fingerprint density at radius 2 is 1.76 bits per heavy atom. The highest BCUT2D eigenvalue weighted by Gasteiger charge is 2.33. The topological polar surface area (TPSA) is 32.7 Å². The first kappa shape index (κ1) is 20.4. The van der Waals surface area contributed by atoms with Crippen molar-refractivity contribution in [3.05, 3.63) is 65.7 Å². The number of ether oxygens (including phenoxy) is 1. The fourth-order valence-corrected chi connectivity index (χ4v) is 5.27. The Labute approximate surface area is 175 Å². The number of nitrogens with zero attached hydrogens (tertiary/aromatic N) is 1. The van der Waals surface area contributed by atoms with Crippen LogP contribution < -0.4 is 4.74 Å². The standard InChI is InChI=1S/C26H35NO2/c1-2-29-25-12-10-24(11-13-25)26(28,19-22-6-4-3-5-7-22)15-17-27-16-14-21-8-9-23(18-21)20-27/h3-7,10-13,21,23,28H,2,8-9,14-20H2,1H3/t21-,23-,26-/m0/s1. The number of benzene rings is 2. The largest absolute Gasteiger partial charge is 0.494 e. The van der Waals surface area contributed by atoms with E-state index >= 15 is 0 Å². The predicted octanol–water partition coefficient (Wildman–Crippen LogP) is 5.03. The Balaban J connectivity index is 1.49. The lowest BCUT2D eigenvalue weighted by molar-refractivity contribution is 0.0160. The van der Waals surface area contributed by atoms with E-state index < -0.39 is 5.60 Å². The fraction of sp³-hybridized carbons (Fsp3) is 0.538. The van der Waals surface area contributed by atoms with Crippen molar-refractivity contribution in [3.8, 4) is 5.75 Å². The molecule has 2 aromatic carbocycles. The van der Waals surface area contributed by atoms with Crippen LogP contribution in [0.5, 0.6) is 5.75 Å². The van der Waals surface area contributed by atoms with E-state index in [9.17, 15) is 5.11 Å². The van der Waals surface area contributed by atoms with Crippen molar-refractivity contribution >= 4 is 0 Å². The maximum Gasteiger partial charge on any atom is 0.119 e. The molecule has 2 bridgehead atoms. The molecule has 1 saturated heterocycles. The zero-order valence-electron chi connectivity index (χ0n) is 17.7. The molecule has 0 aromatic heterocycles. The summed E-state index contributed by atoms with van der Waals surface area (Å²) in [6, 6.07) is 18.4. The summed E-state index contributed by atoms with van der Waals surface area (Å²) in [5, 5.41) is 11.8. The number of aliphatic hydroxyl groups is 1. The second kappa shape index (κ2) is 9.32. The van der Waals surface area contributed by atoms with Crippen LogP contribution in [0.3, 0.4) is 0 Å². The smallest absolute Gasteiger partial charge is 0.119 e. The third-order valence-electron chi connectivity index (χ3n) is 6.90. The number of rotatable bonds is 8. The molecule has 0 radical (unpaired) electrons. The minimum Gasteiger partial charge on any atom is -0.494 e. The van der Waals surface area contributed by atoms with Gasteiger partial charge in [0.1, 0.15) is 5.75 Å². The van der Waals surface area contributed by atoms with Crippen LogP contribution in [0, 0.1) is 11.8 Å². The zero-order valence-corrected chi connectivity index (χ0v) is 17.7. The van der Waals surface area contributed by atoms with Gasteiger partial charge in [-0.2, -0.15) is 0 Å². The molecular formula is C26H35NO2. The monoisotopic (exact) mass is 393 g/mol. The van der Waals surface area contributed by atoms with Gasteiger partial charge in [-0.15, -0.1) is 0 Å². The van der Waals surface area contributed by atoms with Gasteiger partial charge in [0.15, 0.2) is 0 Å². The lowest BCUT2D eigenvalue weighted by Gasteiger charge is -2.33. The molecule has 1 N–H and O–H groups in total. The number of hydrogen-bond acceptors (Lipinski definition) is 3. The van der Waals surface area contributed by atoms with Crippen molar-refractivity contribution in [2.24, 2.45) is 11.8 Å². The highest BCUT2D eigenvalue weighted by molar-refractivity contribution is 5.32. The molecule has 4 rings (SSSR count). The lowest BCUT2D eigenvalue weighted by Crippen LogP contribution is -2.37. The van der Waals surface area contributed by atoms with Gasteiger partial charge in [-0.05, 0) is 74.2 Å². The van der Waals surface area contributed by atoms with Crippen LogP contribution >= 0.6 is 0 Å². The minimum atomic E-state index is -0.864. The maximum atomic E-state index is 11.8. The molecule has 156 valence electrons. The van der Waals surface area contributed by atoms with Gasteiger partial charge in [0.2, 0.25) is 0 Å². The Kier molecular flexibility index (Phi) is 6.56. The van der Waals surface area contributed by atoms with Gasteiger partial charge < -0.3 is 14.7 Å². The van der Waals surface area contributed by atoms with E-state index in [1.165, 1.54) is 44.3 Å². The molecule has 1 aliphatic heterocycles. The summed E-state index contributed by atoms with van der Waals surface area (Å²) in [7, 11) is 0. The summed E-state index contributed by atoms with van der Waals surface area (Å²) >= 11 is 0. The molecule has 0 amide bonds. The van der Waals surface area contributed by atoms with Gasteiger partial charge >= 0.3 is 0 Å². The summed E-state index contributed by atoms with van der Waals surface area (Å²) in [4.78, 5) is 2.61. The van der Waals surface area contributed by atoms with Crippen molar-refractivity contribution in [1.82, 2.24) is 4.90 Å². The van der Waals surface area contributed by atoms with Gasteiger partial charge in [-0.25, -0.2) is 0 Å². The summed E-state index contributed by atoms with van der Waals surface area (Å²) < 4.78 is 5.60. The highest BCUT2D eigenvalue weighted by atomic mass is 16.5. The number of fused-ring (bicyclic) bond motifs is 2. The Morgan fingerprint density at radius 3 is 2.52 bits per heavy atom. The van der Waals surface area contributed by atoms with Crippen molar-refractivity contribution in [1.29, 1.82) is 0 Å². The quantitative estimate of drug-likeness (QED) is 0.683. The molecule has 2 aromatic rings.